The van der Waals surface area contributed by atoms with Crippen molar-refractivity contribution in [1.29, 1.82) is 0 Å². The third kappa shape index (κ3) is 3.30. The molecule has 1 aliphatic rings. The van der Waals surface area contributed by atoms with E-state index in [-0.39, 0.29) is 5.54 Å². The Bertz CT molecular complexity index is 363. The van der Waals surface area contributed by atoms with Crippen LogP contribution in [0.2, 0.25) is 0 Å². The fourth-order valence-electron chi connectivity index (χ4n) is 2.05. The number of nitrogens with one attached hydrogen (secondary N) is 2. The quantitative estimate of drug-likeness (QED) is 0.828. The van der Waals surface area contributed by atoms with E-state index in [0.717, 1.165) is 31.7 Å². The van der Waals surface area contributed by atoms with Crippen LogP contribution in [0.1, 0.15) is 26.7 Å². The van der Waals surface area contributed by atoms with Crippen molar-refractivity contribution in [2.75, 3.05) is 25.0 Å². The second-order valence-electron chi connectivity index (χ2n) is 4.61. The molecule has 0 atom stereocenters. The predicted molar refractivity (Wildman–Crippen MR) is 67.3 cm³/mol. The molecule has 0 bridgehead atoms. The summed E-state index contributed by atoms with van der Waals surface area (Å²) in [5, 5.41) is 6.84. The highest BCUT2D eigenvalue weighted by molar-refractivity contribution is 5.40. The van der Waals surface area contributed by atoms with Crippen molar-refractivity contribution in [3.05, 3.63) is 12.4 Å². The lowest BCUT2D eigenvalue weighted by molar-refractivity contribution is 0.325. The van der Waals surface area contributed by atoms with E-state index in [1.54, 1.807) is 0 Å². The van der Waals surface area contributed by atoms with Crippen molar-refractivity contribution in [1.82, 2.24) is 15.3 Å². The maximum atomic E-state index is 5.37. The van der Waals surface area contributed by atoms with Gasteiger partial charge < -0.3 is 15.4 Å². The van der Waals surface area contributed by atoms with Crippen LogP contribution in [0.15, 0.2) is 12.4 Å². The van der Waals surface area contributed by atoms with Gasteiger partial charge in [0.1, 0.15) is 12.1 Å². The summed E-state index contributed by atoms with van der Waals surface area (Å²) in [6, 6.07) is 1.86. The SMILES string of the molecule is CCOc1cc(NC2(C)CCNCC2)ncn1. The molecule has 1 saturated heterocycles. The highest BCUT2D eigenvalue weighted by Crippen LogP contribution is 2.23. The second-order valence-corrected chi connectivity index (χ2v) is 4.61. The molecule has 0 saturated carbocycles. The first-order valence-electron chi connectivity index (χ1n) is 6.16. The Balaban J connectivity index is 2.04. The molecular formula is C12H20N4O. The maximum absolute atomic E-state index is 5.37. The molecule has 0 unspecified atom stereocenters. The summed E-state index contributed by atoms with van der Waals surface area (Å²) < 4.78 is 5.37. The smallest absolute Gasteiger partial charge is 0.218 e. The number of hydrogen-bond acceptors (Lipinski definition) is 5. The summed E-state index contributed by atoms with van der Waals surface area (Å²) in [5.74, 6) is 1.47. The average Bonchev–Trinajstić information content (AvgIpc) is 2.30. The Morgan fingerprint density at radius 2 is 2.18 bits per heavy atom. The molecule has 1 aromatic rings. The van der Waals surface area contributed by atoms with Crippen LogP contribution in [-0.2, 0) is 0 Å². The number of hydrogen-bond donors (Lipinski definition) is 2. The molecule has 2 N–H and O–H groups in total. The zero-order valence-electron chi connectivity index (χ0n) is 10.5. The molecule has 0 spiro atoms. The molecule has 0 aromatic carbocycles. The predicted octanol–water partition coefficient (Wildman–Crippen LogP) is 1.43. The molecule has 0 radical (unpaired) electrons. The van der Waals surface area contributed by atoms with E-state index in [2.05, 4.69) is 27.5 Å². The van der Waals surface area contributed by atoms with Gasteiger partial charge in [0.15, 0.2) is 0 Å². The zero-order valence-corrected chi connectivity index (χ0v) is 10.5. The largest absolute Gasteiger partial charge is 0.478 e. The number of aromatic nitrogens is 2. The van der Waals surface area contributed by atoms with Crippen molar-refractivity contribution in [3.8, 4) is 5.88 Å². The van der Waals surface area contributed by atoms with Crippen molar-refractivity contribution in [2.24, 2.45) is 0 Å². The summed E-state index contributed by atoms with van der Waals surface area (Å²) >= 11 is 0. The van der Waals surface area contributed by atoms with Crippen LogP contribution in [0, 0.1) is 0 Å². The molecule has 94 valence electrons. The lowest BCUT2D eigenvalue weighted by Gasteiger charge is -2.35. The zero-order chi connectivity index (χ0) is 12.1. The minimum atomic E-state index is 0.114. The van der Waals surface area contributed by atoms with Gasteiger partial charge in [0.2, 0.25) is 5.88 Å². The monoisotopic (exact) mass is 236 g/mol. The summed E-state index contributed by atoms with van der Waals surface area (Å²) in [6.07, 6.45) is 3.74. The van der Waals surface area contributed by atoms with Gasteiger partial charge in [-0.05, 0) is 39.8 Å². The van der Waals surface area contributed by atoms with E-state index in [1.807, 2.05) is 13.0 Å². The first-order chi connectivity index (χ1) is 8.22. The van der Waals surface area contributed by atoms with Gasteiger partial charge in [-0.2, -0.15) is 0 Å². The molecule has 17 heavy (non-hydrogen) atoms. The van der Waals surface area contributed by atoms with Gasteiger partial charge in [0.05, 0.1) is 6.61 Å². The lowest BCUT2D eigenvalue weighted by atomic mass is 9.91. The molecule has 0 aliphatic carbocycles. The molecule has 1 aromatic heterocycles. The summed E-state index contributed by atoms with van der Waals surface area (Å²) in [5.41, 5.74) is 0.114. The van der Waals surface area contributed by atoms with Gasteiger partial charge >= 0.3 is 0 Å². The van der Waals surface area contributed by atoms with Gasteiger partial charge in [-0.15, -0.1) is 0 Å². The third-order valence-electron chi connectivity index (χ3n) is 3.07. The van der Waals surface area contributed by atoms with E-state index in [4.69, 9.17) is 4.74 Å². The van der Waals surface area contributed by atoms with Crippen LogP contribution in [0.4, 0.5) is 5.82 Å². The standard InChI is InChI=1S/C12H20N4O/c1-3-17-11-8-10(14-9-15-11)16-12(2)4-6-13-7-5-12/h8-9,13H,3-7H2,1-2H3,(H,14,15,16). The highest BCUT2D eigenvalue weighted by atomic mass is 16.5. The van der Waals surface area contributed by atoms with Crippen LogP contribution < -0.4 is 15.4 Å². The maximum Gasteiger partial charge on any atom is 0.218 e. The topological polar surface area (TPSA) is 59.1 Å². The Labute approximate surface area is 102 Å². The molecule has 2 heterocycles. The van der Waals surface area contributed by atoms with Crippen molar-refractivity contribution >= 4 is 5.82 Å². The molecular weight excluding hydrogens is 216 g/mol. The second kappa shape index (κ2) is 5.31. The molecule has 0 amide bonds. The Kier molecular flexibility index (Phi) is 3.78. The van der Waals surface area contributed by atoms with Crippen LogP contribution in [-0.4, -0.2) is 35.2 Å². The van der Waals surface area contributed by atoms with Crippen molar-refractivity contribution < 1.29 is 4.74 Å². The van der Waals surface area contributed by atoms with Crippen LogP contribution in [0.25, 0.3) is 0 Å². The van der Waals surface area contributed by atoms with Gasteiger partial charge in [-0.1, -0.05) is 0 Å². The first kappa shape index (κ1) is 12.1. The Morgan fingerprint density at radius 3 is 2.88 bits per heavy atom. The Hall–Kier alpha value is -1.36. The van der Waals surface area contributed by atoms with Crippen LogP contribution in [0.5, 0.6) is 5.88 Å². The highest BCUT2D eigenvalue weighted by Gasteiger charge is 2.26. The first-order valence-corrected chi connectivity index (χ1v) is 6.16. The van der Waals surface area contributed by atoms with Crippen LogP contribution >= 0.6 is 0 Å². The fourth-order valence-corrected chi connectivity index (χ4v) is 2.05. The number of nitrogens with zero attached hydrogens (tertiary/aromatic N) is 2. The molecule has 2 rings (SSSR count). The summed E-state index contributed by atoms with van der Waals surface area (Å²) in [7, 11) is 0. The van der Waals surface area contributed by atoms with Gasteiger partial charge in [0.25, 0.3) is 0 Å². The molecule has 5 nitrogen and oxygen atoms in total. The minimum absolute atomic E-state index is 0.114. The summed E-state index contributed by atoms with van der Waals surface area (Å²) in [4.78, 5) is 8.30. The van der Waals surface area contributed by atoms with E-state index in [0.29, 0.717) is 12.5 Å². The number of piperidine rings is 1. The van der Waals surface area contributed by atoms with E-state index in [1.165, 1.54) is 6.33 Å². The van der Waals surface area contributed by atoms with Crippen molar-refractivity contribution in [2.45, 2.75) is 32.2 Å². The average molecular weight is 236 g/mol. The van der Waals surface area contributed by atoms with Gasteiger partial charge in [-0.25, -0.2) is 9.97 Å². The van der Waals surface area contributed by atoms with E-state index in [9.17, 15) is 0 Å². The Morgan fingerprint density at radius 1 is 1.41 bits per heavy atom. The van der Waals surface area contributed by atoms with Gasteiger partial charge in [-0.3, -0.25) is 0 Å². The van der Waals surface area contributed by atoms with Crippen LogP contribution in [0.3, 0.4) is 0 Å². The summed E-state index contributed by atoms with van der Waals surface area (Å²) in [6.45, 7) is 6.90. The number of ether oxygens (including phenoxy) is 1. The molecule has 1 fully saturated rings. The van der Waals surface area contributed by atoms with E-state index >= 15 is 0 Å². The van der Waals surface area contributed by atoms with E-state index < -0.39 is 0 Å². The fraction of sp³-hybridized carbons (Fsp3) is 0.667. The minimum Gasteiger partial charge on any atom is -0.478 e. The number of anilines is 1. The normalized spacial score (nSPS) is 18.7. The van der Waals surface area contributed by atoms with Gasteiger partial charge in [0, 0.05) is 11.6 Å². The third-order valence-corrected chi connectivity index (χ3v) is 3.07. The number of rotatable bonds is 4. The van der Waals surface area contributed by atoms with Crippen molar-refractivity contribution in [3.63, 3.8) is 0 Å². The molecule has 1 aliphatic heterocycles. The molecule has 5 heteroatoms. The lowest BCUT2D eigenvalue weighted by Crippen LogP contribution is -2.45.